The minimum atomic E-state index is -1.05. The van der Waals surface area contributed by atoms with E-state index in [0.29, 0.717) is 13.0 Å². The average Bonchev–Trinajstić information content (AvgIpc) is 2.25. The van der Waals surface area contributed by atoms with Gasteiger partial charge in [0.1, 0.15) is 5.60 Å². The van der Waals surface area contributed by atoms with E-state index < -0.39 is 29.5 Å². The third-order valence-corrected chi connectivity index (χ3v) is 2.75. The first-order valence-corrected chi connectivity index (χ1v) is 5.85. The quantitative estimate of drug-likeness (QED) is 0.765. The molecular weight excluding hydrogens is 236 g/mol. The van der Waals surface area contributed by atoms with Gasteiger partial charge < -0.3 is 14.7 Å². The maximum absolute atomic E-state index is 11.8. The molecule has 18 heavy (non-hydrogen) atoms. The van der Waals surface area contributed by atoms with Gasteiger partial charge in [0.15, 0.2) is 0 Å². The summed E-state index contributed by atoms with van der Waals surface area (Å²) in [4.78, 5) is 24.2. The van der Waals surface area contributed by atoms with Gasteiger partial charge in [0, 0.05) is 13.1 Å². The number of hydrogen-bond acceptors (Lipinski definition) is 4. The summed E-state index contributed by atoms with van der Waals surface area (Å²) in [6.07, 6.45) is -0.155. The molecule has 0 aromatic carbocycles. The van der Waals surface area contributed by atoms with Crippen LogP contribution in [0.25, 0.3) is 0 Å². The Morgan fingerprint density at radius 2 is 2.06 bits per heavy atom. The van der Waals surface area contributed by atoms with Crippen LogP contribution in [0, 0.1) is 23.2 Å². The number of amides is 1. The van der Waals surface area contributed by atoms with Gasteiger partial charge in [-0.05, 0) is 27.2 Å². The van der Waals surface area contributed by atoms with Crippen LogP contribution < -0.4 is 0 Å². The van der Waals surface area contributed by atoms with Crippen LogP contribution in [-0.2, 0) is 9.53 Å². The zero-order valence-electron chi connectivity index (χ0n) is 10.8. The smallest absolute Gasteiger partial charge is 0.410 e. The second-order valence-corrected chi connectivity index (χ2v) is 5.40. The highest BCUT2D eigenvalue weighted by molar-refractivity contribution is 5.74. The standard InChI is InChI=1S/C12H18N2O4/c1-12(2,3)18-11(17)14-5-4-8(6-13)9(7-14)10(15)16/h8-9H,4-5,7H2,1-3H3,(H,15,16). The Morgan fingerprint density at radius 3 is 2.50 bits per heavy atom. The van der Waals surface area contributed by atoms with Gasteiger partial charge in [0.05, 0.1) is 17.9 Å². The number of ether oxygens (including phenoxy) is 1. The number of piperidine rings is 1. The van der Waals surface area contributed by atoms with Crippen molar-refractivity contribution in [3.05, 3.63) is 0 Å². The molecule has 0 radical (unpaired) electrons. The molecule has 1 fully saturated rings. The SMILES string of the molecule is CC(C)(C)OC(=O)N1CCC(C#N)C(C(=O)O)C1. The minimum Gasteiger partial charge on any atom is -0.481 e. The zero-order valence-corrected chi connectivity index (χ0v) is 10.8. The molecule has 1 amide bonds. The Kier molecular flexibility index (Phi) is 4.17. The van der Waals surface area contributed by atoms with Crippen LogP contribution in [0.15, 0.2) is 0 Å². The molecule has 6 heteroatoms. The summed E-state index contributed by atoms with van der Waals surface area (Å²) in [5, 5.41) is 17.9. The Morgan fingerprint density at radius 1 is 1.44 bits per heavy atom. The van der Waals surface area contributed by atoms with Crippen molar-refractivity contribution in [3.63, 3.8) is 0 Å². The van der Waals surface area contributed by atoms with Crippen molar-refractivity contribution >= 4 is 12.1 Å². The van der Waals surface area contributed by atoms with Crippen LogP contribution in [-0.4, -0.2) is 40.8 Å². The van der Waals surface area contributed by atoms with Crippen LogP contribution >= 0.6 is 0 Å². The van der Waals surface area contributed by atoms with E-state index in [-0.39, 0.29) is 6.54 Å². The van der Waals surface area contributed by atoms with E-state index in [1.54, 1.807) is 20.8 Å². The van der Waals surface area contributed by atoms with Gasteiger partial charge in [-0.1, -0.05) is 0 Å². The van der Waals surface area contributed by atoms with E-state index in [1.807, 2.05) is 6.07 Å². The van der Waals surface area contributed by atoms with Crippen LogP contribution in [0.1, 0.15) is 27.2 Å². The van der Waals surface area contributed by atoms with Gasteiger partial charge in [-0.3, -0.25) is 4.79 Å². The fourth-order valence-electron chi connectivity index (χ4n) is 1.85. The van der Waals surface area contributed by atoms with Gasteiger partial charge in [-0.15, -0.1) is 0 Å². The third kappa shape index (κ3) is 3.62. The minimum absolute atomic E-state index is 0.0302. The van der Waals surface area contributed by atoms with Gasteiger partial charge in [-0.25, -0.2) is 4.79 Å². The molecule has 2 atom stereocenters. The summed E-state index contributed by atoms with van der Waals surface area (Å²) in [5.41, 5.74) is -0.609. The average molecular weight is 254 g/mol. The number of carbonyl (C=O) groups is 2. The molecule has 0 aromatic heterocycles. The van der Waals surface area contributed by atoms with Crippen LogP contribution in [0.4, 0.5) is 4.79 Å². The predicted octanol–water partition coefficient (Wildman–Crippen LogP) is 1.47. The van der Waals surface area contributed by atoms with E-state index in [4.69, 9.17) is 15.1 Å². The molecule has 1 rings (SSSR count). The van der Waals surface area contributed by atoms with Crippen molar-refractivity contribution in [3.8, 4) is 6.07 Å². The Balaban J connectivity index is 2.69. The second-order valence-electron chi connectivity index (χ2n) is 5.40. The van der Waals surface area contributed by atoms with Crippen molar-refractivity contribution in [2.45, 2.75) is 32.8 Å². The number of carboxylic acids is 1. The summed E-state index contributed by atoms with van der Waals surface area (Å²) < 4.78 is 5.19. The van der Waals surface area contributed by atoms with Crippen LogP contribution in [0.5, 0.6) is 0 Å². The topological polar surface area (TPSA) is 90.6 Å². The van der Waals surface area contributed by atoms with Crippen molar-refractivity contribution < 1.29 is 19.4 Å². The van der Waals surface area contributed by atoms with Gasteiger partial charge >= 0.3 is 12.1 Å². The molecule has 0 spiro atoms. The number of aliphatic carboxylic acids is 1. The van der Waals surface area contributed by atoms with Crippen molar-refractivity contribution in [1.82, 2.24) is 4.90 Å². The number of nitriles is 1. The zero-order chi connectivity index (χ0) is 13.9. The lowest BCUT2D eigenvalue weighted by molar-refractivity contribution is -0.144. The molecule has 0 aromatic rings. The third-order valence-electron chi connectivity index (χ3n) is 2.75. The number of nitrogens with zero attached hydrogens (tertiary/aromatic N) is 2. The normalized spacial score (nSPS) is 24.2. The lowest BCUT2D eigenvalue weighted by atomic mass is 9.87. The fraction of sp³-hybridized carbons (Fsp3) is 0.750. The van der Waals surface area contributed by atoms with Crippen LogP contribution in [0.2, 0.25) is 0 Å². The Labute approximate surface area is 106 Å². The lowest BCUT2D eigenvalue weighted by Crippen LogP contribution is -2.47. The number of likely N-dealkylation sites (tertiary alicyclic amines) is 1. The van der Waals surface area contributed by atoms with E-state index in [1.165, 1.54) is 4.90 Å². The summed E-state index contributed by atoms with van der Waals surface area (Å²) in [6.45, 7) is 5.64. The highest BCUT2D eigenvalue weighted by atomic mass is 16.6. The van der Waals surface area contributed by atoms with E-state index in [2.05, 4.69) is 0 Å². The maximum atomic E-state index is 11.8. The molecule has 6 nitrogen and oxygen atoms in total. The Bertz CT molecular complexity index is 381. The summed E-state index contributed by atoms with van der Waals surface area (Å²) >= 11 is 0. The number of rotatable bonds is 1. The summed E-state index contributed by atoms with van der Waals surface area (Å²) in [6, 6.07) is 1.98. The fourth-order valence-corrected chi connectivity index (χ4v) is 1.85. The molecule has 0 saturated carbocycles. The van der Waals surface area contributed by atoms with E-state index in [9.17, 15) is 9.59 Å². The van der Waals surface area contributed by atoms with Crippen LogP contribution in [0.3, 0.4) is 0 Å². The molecular formula is C12H18N2O4. The first-order valence-electron chi connectivity index (χ1n) is 5.85. The van der Waals surface area contributed by atoms with Crippen molar-refractivity contribution in [1.29, 1.82) is 5.26 Å². The molecule has 1 aliphatic rings. The molecule has 100 valence electrons. The number of hydrogen-bond donors (Lipinski definition) is 1. The molecule has 0 bridgehead atoms. The number of carboxylic acid groups (broad SMARTS) is 1. The van der Waals surface area contributed by atoms with E-state index >= 15 is 0 Å². The van der Waals surface area contributed by atoms with Crippen molar-refractivity contribution in [2.24, 2.45) is 11.8 Å². The first-order chi connectivity index (χ1) is 8.24. The van der Waals surface area contributed by atoms with Gasteiger partial charge in [-0.2, -0.15) is 5.26 Å². The van der Waals surface area contributed by atoms with E-state index in [0.717, 1.165) is 0 Å². The Hall–Kier alpha value is -1.77. The molecule has 1 aliphatic heterocycles. The lowest BCUT2D eigenvalue weighted by Gasteiger charge is -2.34. The largest absolute Gasteiger partial charge is 0.481 e. The molecule has 1 saturated heterocycles. The summed E-state index contributed by atoms with van der Waals surface area (Å²) in [5.74, 6) is -2.42. The van der Waals surface area contributed by atoms with Gasteiger partial charge in [0.2, 0.25) is 0 Å². The molecule has 2 unspecified atom stereocenters. The monoisotopic (exact) mass is 254 g/mol. The van der Waals surface area contributed by atoms with Crippen molar-refractivity contribution in [2.75, 3.05) is 13.1 Å². The number of carbonyl (C=O) groups excluding carboxylic acids is 1. The molecule has 0 aliphatic carbocycles. The second kappa shape index (κ2) is 5.25. The first kappa shape index (κ1) is 14.3. The molecule has 1 heterocycles. The summed E-state index contributed by atoms with van der Waals surface area (Å²) in [7, 11) is 0. The highest BCUT2D eigenvalue weighted by Crippen LogP contribution is 2.24. The maximum Gasteiger partial charge on any atom is 0.410 e. The van der Waals surface area contributed by atoms with Gasteiger partial charge in [0.25, 0.3) is 0 Å². The molecule has 1 N–H and O–H groups in total. The highest BCUT2D eigenvalue weighted by Gasteiger charge is 2.37. The predicted molar refractivity (Wildman–Crippen MR) is 62.7 cm³/mol.